The minimum atomic E-state index is -0.465. The summed E-state index contributed by atoms with van der Waals surface area (Å²) in [5, 5.41) is 3.44. The van der Waals surface area contributed by atoms with Crippen molar-refractivity contribution in [1.82, 2.24) is 4.98 Å². The Hall–Kier alpha value is -3.54. The largest absolute Gasteiger partial charge is 0.497 e. The van der Waals surface area contributed by atoms with Gasteiger partial charge in [-0.3, -0.25) is 14.7 Å². The predicted molar refractivity (Wildman–Crippen MR) is 108 cm³/mol. The van der Waals surface area contributed by atoms with Crippen molar-refractivity contribution in [2.75, 3.05) is 24.4 Å². The first-order valence-electron chi connectivity index (χ1n) is 8.96. The number of carbonyl (C=O) groups excluding carboxylic acids is 1. The summed E-state index contributed by atoms with van der Waals surface area (Å²) in [7, 11) is 3.18. The fraction of sp³-hybridized carbons (Fsp3) is 0.182. The molecular formula is C22H21N3O3. The molecule has 1 N–H and O–H groups in total. The van der Waals surface area contributed by atoms with E-state index in [2.05, 4.69) is 10.3 Å². The Morgan fingerprint density at radius 2 is 1.82 bits per heavy atom. The second-order valence-electron chi connectivity index (χ2n) is 6.56. The van der Waals surface area contributed by atoms with Crippen LogP contribution in [-0.4, -0.2) is 25.1 Å². The summed E-state index contributed by atoms with van der Waals surface area (Å²) in [5.74, 6) is 1.08. The van der Waals surface area contributed by atoms with Gasteiger partial charge in [0, 0.05) is 18.0 Å². The summed E-state index contributed by atoms with van der Waals surface area (Å²) in [6.07, 6.45) is 1.23. The van der Waals surface area contributed by atoms with E-state index in [-0.39, 0.29) is 5.91 Å². The van der Waals surface area contributed by atoms with Crippen LogP contribution >= 0.6 is 0 Å². The fourth-order valence-electron chi connectivity index (χ4n) is 3.36. The van der Waals surface area contributed by atoms with E-state index < -0.39 is 6.17 Å². The summed E-state index contributed by atoms with van der Waals surface area (Å²) in [6.45, 7) is 2.03. The van der Waals surface area contributed by atoms with Crippen LogP contribution in [-0.2, 0) is 0 Å². The minimum Gasteiger partial charge on any atom is -0.497 e. The molecular weight excluding hydrogens is 354 g/mol. The molecule has 2 heterocycles. The topological polar surface area (TPSA) is 63.7 Å². The van der Waals surface area contributed by atoms with Crippen molar-refractivity contribution in [1.29, 1.82) is 0 Å². The molecule has 0 saturated heterocycles. The number of benzene rings is 2. The number of hydrogen-bond donors (Lipinski definition) is 1. The van der Waals surface area contributed by atoms with Crippen LogP contribution in [0.15, 0.2) is 60.8 Å². The van der Waals surface area contributed by atoms with Crippen molar-refractivity contribution in [3.05, 3.63) is 77.6 Å². The number of nitrogens with one attached hydrogen (secondary N) is 1. The van der Waals surface area contributed by atoms with Crippen molar-refractivity contribution in [2.24, 2.45) is 0 Å². The van der Waals surface area contributed by atoms with E-state index in [4.69, 9.17) is 9.47 Å². The van der Waals surface area contributed by atoms with Gasteiger partial charge < -0.3 is 14.8 Å². The number of pyridine rings is 1. The summed E-state index contributed by atoms with van der Waals surface area (Å²) in [5.41, 5.74) is 3.93. The molecule has 6 nitrogen and oxygen atoms in total. The third-order valence-corrected chi connectivity index (χ3v) is 4.81. The number of nitrogens with zero attached hydrogens (tertiary/aromatic N) is 2. The molecule has 1 atom stereocenters. The number of fused-ring (bicyclic) bond motifs is 1. The summed E-state index contributed by atoms with van der Waals surface area (Å²) in [6, 6.07) is 17.0. The Balaban J connectivity index is 1.83. The third-order valence-electron chi connectivity index (χ3n) is 4.81. The zero-order valence-electron chi connectivity index (χ0n) is 16.0. The first-order chi connectivity index (χ1) is 13.6. The van der Waals surface area contributed by atoms with Crippen LogP contribution in [0.5, 0.6) is 11.5 Å². The molecule has 1 aliphatic heterocycles. The van der Waals surface area contributed by atoms with Crippen molar-refractivity contribution < 1.29 is 14.3 Å². The van der Waals surface area contributed by atoms with Gasteiger partial charge in [0.25, 0.3) is 5.91 Å². The molecule has 0 radical (unpaired) electrons. The van der Waals surface area contributed by atoms with Crippen molar-refractivity contribution in [3.63, 3.8) is 0 Å². The van der Waals surface area contributed by atoms with Gasteiger partial charge in [-0.15, -0.1) is 0 Å². The van der Waals surface area contributed by atoms with Crippen molar-refractivity contribution >= 4 is 17.3 Å². The zero-order chi connectivity index (χ0) is 19.7. The highest BCUT2D eigenvalue weighted by Crippen LogP contribution is 2.42. The lowest BCUT2D eigenvalue weighted by molar-refractivity contribution is 0.0992. The Kier molecular flexibility index (Phi) is 4.61. The molecule has 0 saturated carbocycles. The molecule has 0 aliphatic carbocycles. The average Bonchev–Trinajstić information content (AvgIpc) is 3.01. The smallest absolute Gasteiger partial charge is 0.262 e. The van der Waals surface area contributed by atoms with Gasteiger partial charge in [-0.2, -0.15) is 0 Å². The first-order valence-corrected chi connectivity index (χ1v) is 8.96. The second kappa shape index (κ2) is 7.23. The molecule has 0 bridgehead atoms. The number of hydrogen-bond acceptors (Lipinski definition) is 5. The van der Waals surface area contributed by atoms with E-state index in [9.17, 15) is 4.79 Å². The van der Waals surface area contributed by atoms with E-state index in [1.54, 1.807) is 55.6 Å². The van der Waals surface area contributed by atoms with Crippen LogP contribution in [0.2, 0.25) is 0 Å². The van der Waals surface area contributed by atoms with Crippen LogP contribution < -0.4 is 19.7 Å². The zero-order valence-corrected chi connectivity index (χ0v) is 16.0. The molecule has 4 rings (SSSR count). The van der Waals surface area contributed by atoms with Crippen LogP contribution in [0.3, 0.4) is 0 Å². The van der Waals surface area contributed by atoms with Crippen LogP contribution in [0.4, 0.5) is 11.4 Å². The molecule has 1 aliphatic rings. The van der Waals surface area contributed by atoms with E-state index in [1.807, 2.05) is 31.2 Å². The number of aryl methyl sites for hydroxylation is 1. The number of amides is 1. The Labute approximate surface area is 163 Å². The number of methoxy groups -OCH3 is 2. The number of rotatable bonds is 5. The monoisotopic (exact) mass is 375 g/mol. The first kappa shape index (κ1) is 17.9. The predicted octanol–water partition coefficient (Wildman–Crippen LogP) is 4.18. The second-order valence-corrected chi connectivity index (χ2v) is 6.56. The lowest BCUT2D eigenvalue weighted by Gasteiger charge is -2.28. The molecule has 6 heteroatoms. The van der Waals surface area contributed by atoms with Gasteiger partial charge in [-0.1, -0.05) is 17.7 Å². The molecule has 1 aromatic heterocycles. The molecule has 0 spiro atoms. The highest BCUT2D eigenvalue weighted by molar-refractivity contribution is 6.11. The maximum atomic E-state index is 13.3. The van der Waals surface area contributed by atoms with Crippen LogP contribution in [0, 0.1) is 6.92 Å². The Morgan fingerprint density at radius 1 is 1.04 bits per heavy atom. The van der Waals surface area contributed by atoms with Gasteiger partial charge in [-0.05, 0) is 43.3 Å². The van der Waals surface area contributed by atoms with Gasteiger partial charge in [0.05, 0.1) is 31.2 Å². The van der Waals surface area contributed by atoms with Crippen LogP contribution in [0.1, 0.15) is 27.8 Å². The minimum absolute atomic E-state index is 0.140. The number of ether oxygens (including phenoxy) is 2. The van der Waals surface area contributed by atoms with E-state index >= 15 is 0 Å². The lowest BCUT2D eigenvalue weighted by Crippen LogP contribution is -2.32. The van der Waals surface area contributed by atoms with E-state index in [0.29, 0.717) is 28.4 Å². The van der Waals surface area contributed by atoms with Crippen molar-refractivity contribution in [2.45, 2.75) is 13.1 Å². The highest BCUT2D eigenvalue weighted by Gasteiger charge is 2.40. The lowest BCUT2D eigenvalue weighted by atomic mass is 10.2. The summed E-state index contributed by atoms with van der Waals surface area (Å²) >= 11 is 0. The number of aromatic nitrogens is 1. The molecule has 3 aromatic rings. The number of anilines is 2. The van der Waals surface area contributed by atoms with Gasteiger partial charge in [0.15, 0.2) is 6.17 Å². The normalized spacial score (nSPS) is 15.3. The highest BCUT2D eigenvalue weighted by atomic mass is 16.5. The Morgan fingerprint density at radius 3 is 2.54 bits per heavy atom. The summed E-state index contributed by atoms with van der Waals surface area (Å²) in [4.78, 5) is 19.4. The molecule has 142 valence electrons. The van der Waals surface area contributed by atoms with E-state index in [0.717, 1.165) is 11.3 Å². The van der Waals surface area contributed by atoms with Crippen molar-refractivity contribution in [3.8, 4) is 11.5 Å². The summed E-state index contributed by atoms with van der Waals surface area (Å²) < 4.78 is 10.9. The molecule has 2 aromatic carbocycles. The molecule has 0 fully saturated rings. The fourth-order valence-corrected chi connectivity index (χ4v) is 3.36. The maximum Gasteiger partial charge on any atom is 0.262 e. The number of carbonyl (C=O) groups is 1. The third kappa shape index (κ3) is 3.03. The SMILES string of the molecule is COc1ccc(OC)c(N2C(=O)c3cccnc3C2Nc2ccc(C)cc2)c1. The van der Waals surface area contributed by atoms with E-state index in [1.165, 1.54) is 0 Å². The molecule has 1 unspecified atom stereocenters. The molecule has 1 amide bonds. The van der Waals surface area contributed by atoms with Gasteiger partial charge in [-0.25, -0.2) is 0 Å². The van der Waals surface area contributed by atoms with Gasteiger partial charge in [0.2, 0.25) is 0 Å². The quantitative estimate of drug-likeness (QED) is 0.725. The Bertz CT molecular complexity index is 1020. The average molecular weight is 375 g/mol. The van der Waals surface area contributed by atoms with Gasteiger partial charge in [0.1, 0.15) is 11.5 Å². The van der Waals surface area contributed by atoms with Crippen LogP contribution in [0.25, 0.3) is 0 Å². The van der Waals surface area contributed by atoms with Gasteiger partial charge >= 0.3 is 0 Å². The standard InChI is InChI=1S/C22H21N3O3/c1-14-6-8-15(9-7-14)24-21-20-17(5-4-12-23-20)22(26)25(21)18-13-16(27-2)10-11-19(18)28-3/h4-13,21,24H,1-3H3. The maximum absolute atomic E-state index is 13.3. The molecule has 28 heavy (non-hydrogen) atoms.